The average Bonchev–Trinajstić information content (AvgIpc) is 2.66. The van der Waals surface area contributed by atoms with E-state index < -0.39 is 0 Å². The molecule has 0 aliphatic heterocycles. The number of ether oxygens (including phenoxy) is 1. The van der Waals surface area contributed by atoms with Gasteiger partial charge in [-0.2, -0.15) is 0 Å². The van der Waals surface area contributed by atoms with Crippen LogP contribution < -0.4 is 4.74 Å². The van der Waals surface area contributed by atoms with E-state index in [2.05, 4.69) is 4.98 Å². The molecule has 1 aromatic heterocycles. The highest BCUT2D eigenvalue weighted by Gasteiger charge is 2.15. The Morgan fingerprint density at radius 2 is 1.68 bits per heavy atom. The third-order valence-electron chi connectivity index (χ3n) is 4.42. The van der Waals surface area contributed by atoms with Crippen LogP contribution in [0.3, 0.4) is 0 Å². The van der Waals surface area contributed by atoms with Crippen LogP contribution in [0, 0.1) is 0 Å². The SMILES string of the molecule is COc1ncc(-c2ccc(C=O)c3ccccc23)c2c(O)cccc12. The molecule has 4 rings (SSSR count). The Kier molecular flexibility index (Phi) is 3.58. The van der Waals surface area contributed by atoms with Crippen molar-refractivity contribution in [2.45, 2.75) is 0 Å². The van der Waals surface area contributed by atoms with Gasteiger partial charge in [0.05, 0.1) is 7.11 Å². The molecule has 0 bridgehead atoms. The summed E-state index contributed by atoms with van der Waals surface area (Å²) in [7, 11) is 1.56. The molecule has 0 atom stereocenters. The Morgan fingerprint density at radius 3 is 2.44 bits per heavy atom. The van der Waals surface area contributed by atoms with Crippen LogP contribution in [-0.4, -0.2) is 23.5 Å². The van der Waals surface area contributed by atoms with Gasteiger partial charge in [0.15, 0.2) is 6.29 Å². The van der Waals surface area contributed by atoms with E-state index in [0.29, 0.717) is 16.8 Å². The second-order valence-electron chi connectivity index (χ2n) is 5.75. The first-order valence-electron chi connectivity index (χ1n) is 7.86. The lowest BCUT2D eigenvalue weighted by atomic mass is 9.93. The van der Waals surface area contributed by atoms with E-state index in [-0.39, 0.29) is 5.75 Å². The molecule has 0 radical (unpaired) electrons. The summed E-state index contributed by atoms with van der Waals surface area (Å²) >= 11 is 0. The van der Waals surface area contributed by atoms with Crippen molar-refractivity contribution in [3.63, 3.8) is 0 Å². The fraction of sp³-hybridized carbons (Fsp3) is 0.0476. The zero-order valence-electron chi connectivity index (χ0n) is 13.6. The van der Waals surface area contributed by atoms with Crippen molar-refractivity contribution >= 4 is 27.8 Å². The highest BCUT2D eigenvalue weighted by Crippen LogP contribution is 2.40. The lowest BCUT2D eigenvalue weighted by molar-refractivity contribution is 0.112. The number of aromatic nitrogens is 1. The number of hydrogen-bond acceptors (Lipinski definition) is 4. The molecule has 0 aliphatic rings. The molecule has 0 aliphatic carbocycles. The molecule has 4 nitrogen and oxygen atoms in total. The Hall–Kier alpha value is -3.40. The number of methoxy groups -OCH3 is 1. The van der Waals surface area contributed by atoms with Gasteiger partial charge in [-0.3, -0.25) is 4.79 Å². The first kappa shape index (κ1) is 15.1. The summed E-state index contributed by atoms with van der Waals surface area (Å²) < 4.78 is 5.33. The smallest absolute Gasteiger partial charge is 0.221 e. The molecule has 122 valence electrons. The summed E-state index contributed by atoms with van der Waals surface area (Å²) in [6.45, 7) is 0. The van der Waals surface area contributed by atoms with Crippen LogP contribution in [0.2, 0.25) is 0 Å². The molecule has 0 saturated carbocycles. The van der Waals surface area contributed by atoms with Crippen molar-refractivity contribution in [3.8, 4) is 22.8 Å². The van der Waals surface area contributed by atoms with Crippen LogP contribution in [0.5, 0.6) is 11.6 Å². The lowest BCUT2D eigenvalue weighted by Gasteiger charge is -2.13. The van der Waals surface area contributed by atoms with E-state index in [1.165, 1.54) is 0 Å². The van der Waals surface area contributed by atoms with Gasteiger partial charge in [0.1, 0.15) is 5.75 Å². The van der Waals surface area contributed by atoms with E-state index in [9.17, 15) is 9.90 Å². The number of aldehydes is 1. The van der Waals surface area contributed by atoms with E-state index >= 15 is 0 Å². The molecule has 0 unspecified atom stereocenters. The molecular weight excluding hydrogens is 314 g/mol. The maximum atomic E-state index is 11.3. The highest BCUT2D eigenvalue weighted by atomic mass is 16.5. The highest BCUT2D eigenvalue weighted by molar-refractivity contribution is 6.11. The molecule has 3 aromatic carbocycles. The number of nitrogens with zero attached hydrogens (tertiary/aromatic N) is 1. The third kappa shape index (κ3) is 2.31. The Labute approximate surface area is 144 Å². The van der Waals surface area contributed by atoms with E-state index in [1.54, 1.807) is 31.5 Å². The largest absolute Gasteiger partial charge is 0.507 e. The zero-order chi connectivity index (χ0) is 17.4. The van der Waals surface area contributed by atoms with Crippen molar-refractivity contribution in [2.75, 3.05) is 7.11 Å². The molecule has 0 fully saturated rings. The molecule has 0 spiro atoms. The molecule has 25 heavy (non-hydrogen) atoms. The second-order valence-corrected chi connectivity index (χ2v) is 5.75. The second kappa shape index (κ2) is 5.91. The fourth-order valence-electron chi connectivity index (χ4n) is 3.29. The predicted octanol–water partition coefficient (Wildman–Crippen LogP) is 4.58. The summed E-state index contributed by atoms with van der Waals surface area (Å²) in [5.41, 5.74) is 2.33. The topological polar surface area (TPSA) is 59.4 Å². The maximum absolute atomic E-state index is 11.3. The first-order chi connectivity index (χ1) is 12.2. The van der Waals surface area contributed by atoms with E-state index in [1.807, 2.05) is 36.4 Å². The number of carbonyl (C=O) groups is 1. The molecule has 4 heteroatoms. The summed E-state index contributed by atoms with van der Waals surface area (Å²) in [4.78, 5) is 15.7. The van der Waals surface area contributed by atoms with Gasteiger partial charge >= 0.3 is 0 Å². The van der Waals surface area contributed by atoms with Gasteiger partial charge in [0, 0.05) is 28.1 Å². The number of carbonyl (C=O) groups excluding carboxylic acids is 1. The van der Waals surface area contributed by atoms with Crippen LogP contribution >= 0.6 is 0 Å². The minimum atomic E-state index is 0.164. The number of hydrogen-bond donors (Lipinski definition) is 1. The van der Waals surface area contributed by atoms with Crippen molar-refractivity contribution in [1.82, 2.24) is 4.98 Å². The predicted molar refractivity (Wildman–Crippen MR) is 98.3 cm³/mol. The Morgan fingerprint density at radius 1 is 0.920 bits per heavy atom. The number of pyridine rings is 1. The molecular formula is C21H15NO3. The number of aromatic hydroxyl groups is 1. The summed E-state index contributed by atoms with van der Waals surface area (Å²) in [5, 5.41) is 13.7. The van der Waals surface area contributed by atoms with Crippen molar-refractivity contribution in [3.05, 3.63) is 66.4 Å². The van der Waals surface area contributed by atoms with Gasteiger partial charge in [0.2, 0.25) is 5.88 Å². The van der Waals surface area contributed by atoms with Gasteiger partial charge in [-0.25, -0.2) is 4.98 Å². The zero-order valence-corrected chi connectivity index (χ0v) is 13.6. The van der Waals surface area contributed by atoms with Gasteiger partial charge in [0.25, 0.3) is 0 Å². The summed E-state index contributed by atoms with van der Waals surface area (Å²) in [6, 6.07) is 16.7. The van der Waals surface area contributed by atoms with Crippen LogP contribution in [0.15, 0.2) is 60.8 Å². The van der Waals surface area contributed by atoms with Gasteiger partial charge in [-0.15, -0.1) is 0 Å². The minimum absolute atomic E-state index is 0.164. The molecule has 0 amide bonds. The van der Waals surface area contributed by atoms with Crippen molar-refractivity contribution < 1.29 is 14.6 Å². The van der Waals surface area contributed by atoms with Gasteiger partial charge in [-0.05, 0) is 28.5 Å². The summed E-state index contributed by atoms with van der Waals surface area (Å²) in [6.07, 6.45) is 2.55. The minimum Gasteiger partial charge on any atom is -0.507 e. The van der Waals surface area contributed by atoms with Crippen molar-refractivity contribution in [1.29, 1.82) is 0 Å². The molecule has 0 saturated heterocycles. The quantitative estimate of drug-likeness (QED) is 0.559. The molecule has 4 aromatic rings. The summed E-state index contributed by atoms with van der Waals surface area (Å²) in [5.74, 6) is 0.625. The van der Waals surface area contributed by atoms with Gasteiger partial charge in [-0.1, -0.05) is 42.5 Å². The maximum Gasteiger partial charge on any atom is 0.221 e. The van der Waals surface area contributed by atoms with Crippen LogP contribution in [0.1, 0.15) is 10.4 Å². The van der Waals surface area contributed by atoms with Crippen molar-refractivity contribution in [2.24, 2.45) is 0 Å². The average molecular weight is 329 g/mol. The fourth-order valence-corrected chi connectivity index (χ4v) is 3.29. The van der Waals surface area contributed by atoms with Crippen LogP contribution in [0.4, 0.5) is 0 Å². The number of benzene rings is 3. The first-order valence-corrected chi connectivity index (χ1v) is 7.86. The standard InChI is InChI=1S/C21H15NO3/c1-25-21-17-7-4-8-19(24)20(17)18(11-22-21)16-10-9-13(12-23)14-5-2-3-6-15(14)16/h2-12,24H,1H3. The number of phenols is 1. The van der Waals surface area contributed by atoms with E-state index in [0.717, 1.165) is 33.6 Å². The lowest BCUT2D eigenvalue weighted by Crippen LogP contribution is -1.93. The van der Waals surface area contributed by atoms with Crippen LogP contribution in [0.25, 0.3) is 32.7 Å². The third-order valence-corrected chi connectivity index (χ3v) is 4.42. The monoisotopic (exact) mass is 329 g/mol. The Bertz CT molecular complexity index is 1120. The van der Waals surface area contributed by atoms with E-state index in [4.69, 9.17) is 4.74 Å². The number of fused-ring (bicyclic) bond motifs is 2. The normalized spacial score (nSPS) is 10.9. The Balaban J connectivity index is 2.14. The number of phenolic OH excluding ortho intramolecular Hbond substituents is 1. The van der Waals surface area contributed by atoms with Gasteiger partial charge < -0.3 is 9.84 Å². The van der Waals surface area contributed by atoms with Crippen LogP contribution in [-0.2, 0) is 0 Å². The molecule has 1 N–H and O–H groups in total. The number of rotatable bonds is 3. The molecule has 1 heterocycles.